The number of esters is 2. The monoisotopic (exact) mass is 612 g/mol. The zero-order valence-electron chi connectivity index (χ0n) is 26.0. The van der Waals surface area contributed by atoms with Crippen molar-refractivity contribution in [2.75, 3.05) is 13.2 Å². The number of ketones is 2. The normalized spacial score (nSPS) is 11.1. The molecule has 0 N–H and O–H groups in total. The van der Waals surface area contributed by atoms with Crippen molar-refractivity contribution in [1.29, 1.82) is 0 Å². The molecule has 230 valence electrons. The van der Waals surface area contributed by atoms with E-state index in [0.717, 1.165) is 22.3 Å². The maximum atomic E-state index is 13.6. The second kappa shape index (κ2) is 12.3. The zero-order valence-corrected chi connectivity index (χ0v) is 26.0. The van der Waals surface area contributed by atoms with Gasteiger partial charge >= 0.3 is 11.9 Å². The van der Waals surface area contributed by atoms with Crippen LogP contribution in [-0.2, 0) is 9.47 Å². The number of benzene rings is 2. The predicted molar refractivity (Wildman–Crippen MR) is 175 cm³/mol. The molecule has 4 heterocycles. The molecule has 0 saturated carbocycles. The lowest BCUT2D eigenvalue weighted by Gasteiger charge is -2.09. The van der Waals surface area contributed by atoms with Gasteiger partial charge in [-0.3, -0.25) is 9.59 Å². The maximum Gasteiger partial charge on any atom is 0.340 e. The second-order valence-electron chi connectivity index (χ2n) is 11.1. The van der Waals surface area contributed by atoms with Gasteiger partial charge < -0.3 is 18.3 Å². The van der Waals surface area contributed by atoms with Crippen LogP contribution in [0.2, 0.25) is 0 Å². The van der Waals surface area contributed by atoms with E-state index in [4.69, 9.17) is 9.47 Å². The summed E-state index contributed by atoms with van der Waals surface area (Å²) < 4.78 is 14.1. The van der Waals surface area contributed by atoms with E-state index in [-0.39, 0.29) is 35.9 Å². The minimum atomic E-state index is -0.536. The molecule has 0 amide bonds. The quantitative estimate of drug-likeness (QED) is 0.126. The van der Waals surface area contributed by atoms with E-state index in [1.165, 1.54) is 0 Å². The Bertz CT molecular complexity index is 1990. The van der Waals surface area contributed by atoms with E-state index in [9.17, 15) is 19.2 Å². The number of hydrogen-bond donors (Lipinski definition) is 0. The Morgan fingerprint density at radius 3 is 1.26 bits per heavy atom. The maximum absolute atomic E-state index is 13.6. The Labute approximate surface area is 265 Å². The highest BCUT2D eigenvalue weighted by Crippen LogP contribution is 2.30. The molecule has 8 heteroatoms. The number of rotatable bonds is 9. The standard InChI is InChI=1S/C38H32N2O6/c1-5-45-37(43)29-21-33(35(41)25-11-7-23(3)8-12-25)39-17-15-27(19-31(29)39)28-16-18-40-32(20-28)30(38(44)46-6-2)22-34(40)36(42)26-13-9-24(4)10-14-26/h7-22H,5-6H2,1-4H3. The van der Waals surface area contributed by atoms with Gasteiger partial charge in [0.05, 0.1) is 46.8 Å². The fourth-order valence-electron chi connectivity index (χ4n) is 5.56. The third-order valence-corrected chi connectivity index (χ3v) is 7.96. The molecular formula is C38H32N2O6. The van der Waals surface area contributed by atoms with Crippen LogP contribution >= 0.6 is 0 Å². The number of carbonyl (C=O) groups excluding carboxylic acids is 4. The van der Waals surface area contributed by atoms with Gasteiger partial charge in [-0.15, -0.1) is 0 Å². The van der Waals surface area contributed by atoms with Crippen molar-refractivity contribution in [3.63, 3.8) is 0 Å². The van der Waals surface area contributed by atoms with Crippen LogP contribution < -0.4 is 0 Å². The number of carbonyl (C=O) groups is 4. The Morgan fingerprint density at radius 2 is 0.913 bits per heavy atom. The lowest BCUT2D eigenvalue weighted by molar-refractivity contribution is 0.0519. The highest BCUT2D eigenvalue weighted by molar-refractivity contribution is 6.12. The van der Waals surface area contributed by atoms with Crippen molar-refractivity contribution >= 4 is 34.5 Å². The predicted octanol–water partition coefficient (Wildman–Crippen LogP) is 7.29. The molecule has 0 radical (unpaired) electrons. The van der Waals surface area contributed by atoms with Crippen LogP contribution in [0, 0.1) is 13.8 Å². The van der Waals surface area contributed by atoms with E-state index in [0.29, 0.717) is 33.5 Å². The van der Waals surface area contributed by atoms with Crippen LogP contribution in [0.25, 0.3) is 22.2 Å². The summed E-state index contributed by atoms with van der Waals surface area (Å²) in [5.74, 6) is -1.52. The Balaban J connectivity index is 1.48. The zero-order chi connectivity index (χ0) is 32.5. The highest BCUT2D eigenvalue weighted by atomic mass is 16.5. The van der Waals surface area contributed by atoms with E-state index in [1.807, 2.05) is 62.4 Å². The molecule has 46 heavy (non-hydrogen) atoms. The highest BCUT2D eigenvalue weighted by Gasteiger charge is 2.24. The number of aromatic nitrogens is 2. The molecule has 0 bridgehead atoms. The summed E-state index contributed by atoms with van der Waals surface area (Å²) >= 11 is 0. The van der Waals surface area contributed by atoms with Crippen LogP contribution in [0.3, 0.4) is 0 Å². The molecule has 4 aromatic heterocycles. The molecule has 0 fully saturated rings. The minimum absolute atomic E-state index is 0.183. The van der Waals surface area contributed by atoms with E-state index in [1.54, 1.807) is 71.4 Å². The summed E-state index contributed by atoms with van der Waals surface area (Å²) in [6.45, 7) is 7.72. The first-order chi connectivity index (χ1) is 22.2. The third-order valence-electron chi connectivity index (χ3n) is 7.96. The SMILES string of the molecule is CCOC(=O)c1cc(C(=O)c2ccc(C)cc2)n2ccc(-c3ccn4c(C(=O)c5ccc(C)cc5)cc(C(=O)OCC)c4c3)cc12. The molecular weight excluding hydrogens is 580 g/mol. The number of hydrogen-bond acceptors (Lipinski definition) is 6. The fraction of sp³-hybridized carbons (Fsp3) is 0.158. The summed E-state index contributed by atoms with van der Waals surface area (Å²) in [5.41, 5.74) is 6.74. The van der Waals surface area contributed by atoms with Crippen LogP contribution in [0.5, 0.6) is 0 Å². The van der Waals surface area contributed by atoms with Gasteiger partial charge in [0, 0.05) is 23.5 Å². The first-order valence-electron chi connectivity index (χ1n) is 15.1. The Hall–Kier alpha value is -5.76. The molecule has 0 aliphatic heterocycles. The summed E-state index contributed by atoms with van der Waals surface area (Å²) in [6, 6.07) is 25.0. The van der Waals surface area contributed by atoms with Crippen molar-refractivity contribution in [1.82, 2.24) is 8.80 Å². The molecule has 0 spiro atoms. The molecule has 0 aliphatic rings. The van der Waals surface area contributed by atoms with Gasteiger partial charge in [-0.2, -0.15) is 0 Å². The summed E-state index contributed by atoms with van der Waals surface area (Å²) in [7, 11) is 0. The molecule has 0 atom stereocenters. The van der Waals surface area contributed by atoms with Crippen molar-refractivity contribution < 1.29 is 28.7 Å². The van der Waals surface area contributed by atoms with E-state index < -0.39 is 11.9 Å². The van der Waals surface area contributed by atoms with Crippen LogP contribution in [0.1, 0.15) is 77.8 Å². The third kappa shape index (κ3) is 5.49. The minimum Gasteiger partial charge on any atom is -0.462 e. The van der Waals surface area contributed by atoms with Gasteiger partial charge in [-0.25, -0.2) is 9.59 Å². The van der Waals surface area contributed by atoms with Gasteiger partial charge in [0.2, 0.25) is 11.6 Å². The van der Waals surface area contributed by atoms with E-state index >= 15 is 0 Å². The van der Waals surface area contributed by atoms with Crippen LogP contribution in [0.4, 0.5) is 0 Å². The molecule has 6 rings (SSSR count). The van der Waals surface area contributed by atoms with Gasteiger partial charge in [-0.1, -0.05) is 59.7 Å². The average molecular weight is 613 g/mol. The van der Waals surface area contributed by atoms with Crippen molar-refractivity contribution in [3.05, 3.63) is 142 Å². The summed E-state index contributed by atoms with van der Waals surface area (Å²) in [5, 5.41) is 0. The number of ether oxygens (including phenoxy) is 2. The van der Waals surface area contributed by atoms with Gasteiger partial charge in [0.25, 0.3) is 0 Å². The first-order valence-corrected chi connectivity index (χ1v) is 15.1. The molecule has 6 aromatic rings. The van der Waals surface area contributed by atoms with Crippen molar-refractivity contribution in [3.8, 4) is 11.1 Å². The Morgan fingerprint density at radius 1 is 0.543 bits per heavy atom. The number of nitrogens with zero attached hydrogens (tertiary/aromatic N) is 2. The molecule has 2 aromatic carbocycles. The molecule has 0 aliphatic carbocycles. The van der Waals surface area contributed by atoms with E-state index in [2.05, 4.69) is 0 Å². The largest absolute Gasteiger partial charge is 0.462 e. The number of aryl methyl sites for hydroxylation is 2. The lowest BCUT2D eigenvalue weighted by Crippen LogP contribution is -2.05. The van der Waals surface area contributed by atoms with Crippen molar-refractivity contribution in [2.24, 2.45) is 0 Å². The smallest absolute Gasteiger partial charge is 0.340 e. The topological polar surface area (TPSA) is 95.6 Å². The molecule has 0 saturated heterocycles. The Kier molecular flexibility index (Phi) is 8.11. The summed E-state index contributed by atoms with van der Waals surface area (Å²) in [4.78, 5) is 53.2. The van der Waals surface area contributed by atoms with Gasteiger partial charge in [-0.05, 0) is 75.2 Å². The number of pyridine rings is 2. The second-order valence-corrected chi connectivity index (χ2v) is 11.1. The molecule has 0 unspecified atom stereocenters. The van der Waals surface area contributed by atoms with Crippen molar-refractivity contribution in [2.45, 2.75) is 27.7 Å². The number of fused-ring (bicyclic) bond motifs is 2. The van der Waals surface area contributed by atoms with Crippen LogP contribution in [-0.4, -0.2) is 45.5 Å². The average Bonchev–Trinajstić information content (AvgIpc) is 3.64. The fourth-order valence-corrected chi connectivity index (χ4v) is 5.56. The summed E-state index contributed by atoms with van der Waals surface area (Å²) in [6.07, 6.45) is 3.49. The lowest BCUT2D eigenvalue weighted by atomic mass is 10.1. The van der Waals surface area contributed by atoms with Crippen LogP contribution in [0.15, 0.2) is 97.3 Å². The molecule has 8 nitrogen and oxygen atoms in total. The van der Waals surface area contributed by atoms with Gasteiger partial charge in [0.15, 0.2) is 0 Å². The van der Waals surface area contributed by atoms with Gasteiger partial charge in [0.1, 0.15) is 0 Å². The first kappa shape index (κ1) is 30.3.